The Labute approximate surface area is 127 Å². The van der Waals surface area contributed by atoms with Gasteiger partial charge in [-0.25, -0.2) is 8.42 Å². The van der Waals surface area contributed by atoms with Gasteiger partial charge in [0, 0.05) is 33.4 Å². The van der Waals surface area contributed by atoms with Crippen LogP contribution in [-0.4, -0.2) is 39.5 Å². The van der Waals surface area contributed by atoms with Gasteiger partial charge in [0.25, 0.3) is 0 Å². The van der Waals surface area contributed by atoms with E-state index in [0.717, 1.165) is 24.0 Å². The maximum Gasteiger partial charge on any atom is 0.243 e. The first-order chi connectivity index (χ1) is 10.0. The predicted octanol–water partition coefficient (Wildman–Crippen LogP) is 1.50. The second kappa shape index (κ2) is 6.87. The van der Waals surface area contributed by atoms with Crippen LogP contribution in [0.2, 0.25) is 0 Å². The van der Waals surface area contributed by atoms with Crippen LogP contribution in [0, 0.1) is 12.8 Å². The van der Waals surface area contributed by atoms with Crippen molar-refractivity contribution < 1.29 is 13.2 Å². The number of nitrogens with zero attached hydrogens (tertiary/aromatic N) is 1. The number of rotatable bonds is 5. The third kappa shape index (κ3) is 3.45. The Morgan fingerprint density at radius 3 is 2.57 bits per heavy atom. The van der Waals surface area contributed by atoms with Gasteiger partial charge in [0.2, 0.25) is 10.0 Å². The minimum Gasteiger partial charge on any atom is -0.384 e. The standard InChI is InChI=1S/C15H24N2O3S/c1-12-14(10-16)4-3-5-15(12)21(18,19)17-8-6-13(7-9-17)11-20-2/h3-5,13H,6-11,16H2,1-2H3. The Kier molecular flexibility index (Phi) is 5.37. The molecule has 0 spiro atoms. The number of piperidine rings is 1. The highest BCUT2D eigenvalue weighted by Gasteiger charge is 2.30. The first kappa shape index (κ1) is 16.4. The Morgan fingerprint density at radius 2 is 2.00 bits per heavy atom. The number of hydrogen-bond donors (Lipinski definition) is 1. The molecule has 1 heterocycles. The highest BCUT2D eigenvalue weighted by Crippen LogP contribution is 2.27. The van der Waals surface area contributed by atoms with Crippen molar-refractivity contribution in [3.05, 3.63) is 29.3 Å². The summed E-state index contributed by atoms with van der Waals surface area (Å²) >= 11 is 0. The molecular weight excluding hydrogens is 288 g/mol. The summed E-state index contributed by atoms with van der Waals surface area (Å²) in [7, 11) is -1.74. The average Bonchev–Trinajstić information content (AvgIpc) is 2.48. The van der Waals surface area contributed by atoms with Crippen molar-refractivity contribution >= 4 is 10.0 Å². The molecule has 5 nitrogen and oxygen atoms in total. The van der Waals surface area contributed by atoms with Crippen molar-refractivity contribution in [2.75, 3.05) is 26.8 Å². The summed E-state index contributed by atoms with van der Waals surface area (Å²) in [5.74, 6) is 0.456. The van der Waals surface area contributed by atoms with Crippen LogP contribution < -0.4 is 5.73 Å². The molecule has 21 heavy (non-hydrogen) atoms. The SMILES string of the molecule is COCC1CCN(S(=O)(=O)c2cccc(CN)c2C)CC1. The van der Waals surface area contributed by atoms with Crippen LogP contribution in [0.3, 0.4) is 0 Å². The first-order valence-electron chi connectivity index (χ1n) is 7.28. The molecule has 1 aliphatic rings. The van der Waals surface area contributed by atoms with Gasteiger partial charge in [-0.1, -0.05) is 12.1 Å². The molecule has 0 amide bonds. The van der Waals surface area contributed by atoms with Gasteiger partial charge >= 0.3 is 0 Å². The number of nitrogens with two attached hydrogens (primary N) is 1. The summed E-state index contributed by atoms with van der Waals surface area (Å²) in [6.45, 7) is 4.00. The lowest BCUT2D eigenvalue weighted by molar-refractivity contribution is 0.121. The molecule has 0 saturated carbocycles. The monoisotopic (exact) mass is 312 g/mol. The molecule has 1 fully saturated rings. The summed E-state index contributed by atoms with van der Waals surface area (Å²) in [6.07, 6.45) is 1.70. The molecule has 0 atom stereocenters. The molecule has 0 radical (unpaired) electrons. The summed E-state index contributed by atoms with van der Waals surface area (Å²) in [6, 6.07) is 5.31. The molecular formula is C15H24N2O3S. The van der Waals surface area contributed by atoms with Gasteiger partial charge in [-0.05, 0) is 42.9 Å². The average molecular weight is 312 g/mol. The van der Waals surface area contributed by atoms with Crippen molar-refractivity contribution in [3.8, 4) is 0 Å². The third-order valence-electron chi connectivity index (χ3n) is 4.21. The van der Waals surface area contributed by atoms with Gasteiger partial charge in [-0.2, -0.15) is 4.31 Å². The Balaban J connectivity index is 2.20. The summed E-state index contributed by atoms with van der Waals surface area (Å²) in [5, 5.41) is 0. The Morgan fingerprint density at radius 1 is 1.33 bits per heavy atom. The smallest absolute Gasteiger partial charge is 0.243 e. The van der Waals surface area contributed by atoms with E-state index in [1.807, 2.05) is 13.0 Å². The molecule has 2 rings (SSSR count). The van der Waals surface area contributed by atoms with Crippen molar-refractivity contribution in [1.82, 2.24) is 4.31 Å². The minimum absolute atomic E-state index is 0.352. The van der Waals surface area contributed by atoms with Crippen molar-refractivity contribution in [2.45, 2.75) is 31.2 Å². The molecule has 1 aliphatic heterocycles. The molecule has 1 saturated heterocycles. The van der Waals surface area contributed by atoms with E-state index in [0.29, 0.717) is 37.1 Å². The molecule has 1 aromatic rings. The normalized spacial score (nSPS) is 18.0. The molecule has 118 valence electrons. The van der Waals surface area contributed by atoms with Crippen LogP contribution in [0.4, 0.5) is 0 Å². The maximum atomic E-state index is 12.8. The van der Waals surface area contributed by atoms with Gasteiger partial charge < -0.3 is 10.5 Å². The fraction of sp³-hybridized carbons (Fsp3) is 0.600. The van der Waals surface area contributed by atoms with E-state index in [-0.39, 0.29) is 0 Å². The zero-order chi connectivity index (χ0) is 15.5. The van der Waals surface area contributed by atoms with E-state index < -0.39 is 10.0 Å². The van der Waals surface area contributed by atoms with Crippen LogP contribution in [0.5, 0.6) is 0 Å². The second-order valence-corrected chi connectivity index (χ2v) is 7.45. The van der Waals surface area contributed by atoms with E-state index in [1.165, 1.54) is 0 Å². The molecule has 0 aromatic heterocycles. The van der Waals surface area contributed by atoms with E-state index in [2.05, 4.69) is 0 Å². The van der Waals surface area contributed by atoms with E-state index >= 15 is 0 Å². The van der Waals surface area contributed by atoms with Crippen LogP contribution >= 0.6 is 0 Å². The van der Waals surface area contributed by atoms with Gasteiger partial charge in [0.15, 0.2) is 0 Å². The number of benzene rings is 1. The van der Waals surface area contributed by atoms with Crippen molar-refractivity contribution in [1.29, 1.82) is 0 Å². The molecule has 0 aliphatic carbocycles. The lowest BCUT2D eigenvalue weighted by atomic mass is 9.99. The molecule has 0 bridgehead atoms. The van der Waals surface area contributed by atoms with Crippen LogP contribution in [0.1, 0.15) is 24.0 Å². The summed E-state index contributed by atoms with van der Waals surface area (Å²) in [5.41, 5.74) is 7.31. The molecule has 6 heteroatoms. The third-order valence-corrected chi connectivity index (χ3v) is 6.25. The quantitative estimate of drug-likeness (QED) is 0.894. The predicted molar refractivity (Wildman–Crippen MR) is 82.4 cm³/mol. The Hall–Kier alpha value is -0.950. The molecule has 0 unspecified atom stereocenters. The van der Waals surface area contributed by atoms with Gasteiger partial charge in [-0.15, -0.1) is 0 Å². The maximum absolute atomic E-state index is 12.8. The first-order valence-corrected chi connectivity index (χ1v) is 8.72. The largest absolute Gasteiger partial charge is 0.384 e. The molecule has 2 N–H and O–H groups in total. The number of methoxy groups -OCH3 is 1. The van der Waals surface area contributed by atoms with E-state index in [1.54, 1.807) is 23.5 Å². The highest BCUT2D eigenvalue weighted by atomic mass is 32.2. The highest BCUT2D eigenvalue weighted by molar-refractivity contribution is 7.89. The van der Waals surface area contributed by atoms with Crippen LogP contribution in [0.15, 0.2) is 23.1 Å². The van der Waals surface area contributed by atoms with Gasteiger partial charge in [-0.3, -0.25) is 0 Å². The van der Waals surface area contributed by atoms with E-state index in [4.69, 9.17) is 10.5 Å². The second-order valence-electron chi connectivity index (χ2n) is 5.55. The van der Waals surface area contributed by atoms with E-state index in [9.17, 15) is 8.42 Å². The lowest BCUT2D eigenvalue weighted by Crippen LogP contribution is -2.39. The summed E-state index contributed by atoms with van der Waals surface area (Å²) in [4.78, 5) is 0.385. The van der Waals surface area contributed by atoms with Crippen LogP contribution in [0.25, 0.3) is 0 Å². The fourth-order valence-electron chi connectivity index (χ4n) is 2.85. The van der Waals surface area contributed by atoms with Gasteiger partial charge in [0.05, 0.1) is 4.90 Å². The zero-order valence-electron chi connectivity index (χ0n) is 12.7. The fourth-order valence-corrected chi connectivity index (χ4v) is 4.59. The number of ether oxygens (including phenoxy) is 1. The zero-order valence-corrected chi connectivity index (χ0v) is 13.5. The lowest BCUT2D eigenvalue weighted by Gasteiger charge is -2.31. The number of sulfonamides is 1. The van der Waals surface area contributed by atoms with Crippen LogP contribution in [-0.2, 0) is 21.3 Å². The number of hydrogen-bond acceptors (Lipinski definition) is 4. The van der Waals surface area contributed by atoms with Crippen molar-refractivity contribution in [3.63, 3.8) is 0 Å². The van der Waals surface area contributed by atoms with Crippen molar-refractivity contribution in [2.24, 2.45) is 11.7 Å². The topological polar surface area (TPSA) is 72.6 Å². The Bertz CT molecular complexity index is 579. The minimum atomic E-state index is -3.43. The molecule has 1 aromatic carbocycles. The summed E-state index contributed by atoms with van der Waals surface area (Å²) < 4.78 is 32.3. The van der Waals surface area contributed by atoms with Gasteiger partial charge in [0.1, 0.15) is 0 Å².